The van der Waals surface area contributed by atoms with Gasteiger partial charge in [0.25, 0.3) is 11.8 Å². The highest BCUT2D eigenvalue weighted by atomic mass is 35.5. The molecule has 1 aromatic heterocycles. The van der Waals surface area contributed by atoms with Gasteiger partial charge < -0.3 is 14.5 Å². The molecule has 7 heteroatoms. The second-order valence-corrected chi connectivity index (χ2v) is 8.03. The molecule has 1 aliphatic rings. The van der Waals surface area contributed by atoms with Crippen LogP contribution in [0.4, 0.5) is 0 Å². The maximum absolute atomic E-state index is 13.4. The van der Waals surface area contributed by atoms with Crippen molar-refractivity contribution in [3.8, 4) is 5.75 Å². The van der Waals surface area contributed by atoms with Crippen LogP contribution in [0.3, 0.4) is 0 Å². The van der Waals surface area contributed by atoms with Crippen LogP contribution in [0.2, 0.25) is 5.02 Å². The Morgan fingerprint density at radius 1 is 1.06 bits per heavy atom. The Kier molecular flexibility index (Phi) is 6.37. The number of carbonyl (C=O) groups is 2. The van der Waals surface area contributed by atoms with E-state index in [1.54, 1.807) is 41.2 Å². The molecular formula is C24H24ClN3O3. The van der Waals surface area contributed by atoms with E-state index in [0.717, 1.165) is 23.6 Å². The number of carbonyl (C=O) groups excluding carboxylic acids is 2. The normalized spacial score (nSPS) is 15.6. The molecule has 0 fully saturated rings. The van der Waals surface area contributed by atoms with E-state index in [4.69, 9.17) is 16.3 Å². The Morgan fingerprint density at radius 2 is 1.87 bits per heavy atom. The largest absolute Gasteiger partial charge is 0.491 e. The molecule has 0 bridgehead atoms. The summed E-state index contributed by atoms with van der Waals surface area (Å²) in [5.41, 5.74) is 0.883. The van der Waals surface area contributed by atoms with Crippen LogP contribution < -0.4 is 4.74 Å². The number of benzene rings is 2. The highest BCUT2D eigenvalue weighted by molar-refractivity contribution is 6.31. The Morgan fingerprint density at radius 3 is 2.74 bits per heavy atom. The zero-order valence-electron chi connectivity index (χ0n) is 17.4. The van der Waals surface area contributed by atoms with Crippen LogP contribution in [0.1, 0.15) is 33.7 Å². The van der Waals surface area contributed by atoms with Crippen LogP contribution in [-0.4, -0.2) is 59.9 Å². The Hall–Kier alpha value is -3.12. The molecule has 2 aromatic carbocycles. The molecule has 3 aromatic rings. The number of aromatic nitrogens is 1. The minimum absolute atomic E-state index is 0.113. The number of nitrogens with zero attached hydrogens (tertiary/aromatic N) is 3. The minimum Gasteiger partial charge on any atom is -0.491 e. The molecule has 0 N–H and O–H groups in total. The van der Waals surface area contributed by atoms with Gasteiger partial charge >= 0.3 is 0 Å². The highest BCUT2D eigenvalue weighted by Crippen LogP contribution is 2.25. The molecule has 31 heavy (non-hydrogen) atoms. The summed E-state index contributed by atoms with van der Waals surface area (Å²) in [6, 6.07) is 14.7. The van der Waals surface area contributed by atoms with Crippen molar-refractivity contribution in [3.63, 3.8) is 0 Å². The molecule has 6 nitrogen and oxygen atoms in total. The van der Waals surface area contributed by atoms with E-state index in [1.807, 2.05) is 30.3 Å². The van der Waals surface area contributed by atoms with E-state index in [2.05, 4.69) is 4.98 Å². The third kappa shape index (κ3) is 4.64. The van der Waals surface area contributed by atoms with Gasteiger partial charge in [-0.05, 0) is 42.5 Å². The summed E-state index contributed by atoms with van der Waals surface area (Å²) in [6.07, 6.45) is 3.23. The van der Waals surface area contributed by atoms with E-state index in [9.17, 15) is 9.59 Å². The fraction of sp³-hybridized carbons (Fsp3) is 0.292. The summed E-state index contributed by atoms with van der Waals surface area (Å²) in [5, 5.41) is 2.31. The molecule has 0 spiro atoms. The monoisotopic (exact) mass is 437 g/mol. The van der Waals surface area contributed by atoms with Crippen molar-refractivity contribution < 1.29 is 14.3 Å². The van der Waals surface area contributed by atoms with Gasteiger partial charge in [-0.3, -0.25) is 14.6 Å². The number of hydrogen-bond donors (Lipinski definition) is 0. The number of rotatable bonds is 1. The number of amides is 2. The Labute approximate surface area is 186 Å². The smallest absolute Gasteiger partial charge is 0.273 e. The molecule has 4 rings (SSSR count). The number of ether oxygens (including phenoxy) is 1. The molecule has 0 radical (unpaired) electrons. The lowest BCUT2D eigenvalue weighted by Gasteiger charge is -2.26. The van der Waals surface area contributed by atoms with Crippen molar-refractivity contribution in [2.75, 3.05) is 33.3 Å². The molecule has 1 aliphatic heterocycles. The van der Waals surface area contributed by atoms with Gasteiger partial charge in [-0.15, -0.1) is 0 Å². The first-order valence-electron chi connectivity index (χ1n) is 10.4. The topological polar surface area (TPSA) is 62.7 Å². The van der Waals surface area contributed by atoms with Crippen LogP contribution in [0.15, 0.2) is 54.7 Å². The van der Waals surface area contributed by atoms with Crippen LogP contribution >= 0.6 is 11.6 Å². The van der Waals surface area contributed by atoms with Gasteiger partial charge in [0.1, 0.15) is 18.1 Å². The molecule has 160 valence electrons. The summed E-state index contributed by atoms with van der Waals surface area (Å²) in [4.78, 5) is 34.0. The number of fused-ring (bicyclic) bond motifs is 2. The predicted octanol–water partition coefficient (Wildman–Crippen LogP) is 4.28. The fourth-order valence-corrected chi connectivity index (χ4v) is 3.95. The average Bonchev–Trinajstić information content (AvgIpc) is 2.79. The van der Waals surface area contributed by atoms with Crippen LogP contribution in [0.25, 0.3) is 10.8 Å². The zero-order chi connectivity index (χ0) is 21.8. The summed E-state index contributed by atoms with van der Waals surface area (Å²) in [7, 11) is 1.77. The standard InChI is InChI=1S/C24H24ClN3O3/c1-27-12-4-5-13-28(14-15-31-21-9-8-18(25)16-20(21)23(27)29)24(30)22-19-7-3-2-6-17(19)10-11-26-22/h2-3,6-11,16H,4-5,12-15H2,1H3. The van der Waals surface area contributed by atoms with Gasteiger partial charge in [0.2, 0.25) is 0 Å². The van der Waals surface area contributed by atoms with Crippen molar-refractivity contribution in [1.29, 1.82) is 0 Å². The predicted molar refractivity (Wildman–Crippen MR) is 121 cm³/mol. The van der Waals surface area contributed by atoms with Gasteiger partial charge in [0, 0.05) is 36.7 Å². The molecule has 0 aliphatic carbocycles. The van der Waals surface area contributed by atoms with Gasteiger partial charge in [-0.2, -0.15) is 0 Å². The van der Waals surface area contributed by atoms with Gasteiger partial charge in [-0.1, -0.05) is 35.9 Å². The van der Waals surface area contributed by atoms with Crippen molar-refractivity contribution >= 4 is 34.2 Å². The lowest BCUT2D eigenvalue weighted by Crippen LogP contribution is -2.37. The van der Waals surface area contributed by atoms with Crippen LogP contribution in [0.5, 0.6) is 5.75 Å². The van der Waals surface area contributed by atoms with E-state index < -0.39 is 0 Å². The fourth-order valence-electron chi connectivity index (χ4n) is 3.77. The molecule has 0 unspecified atom stereocenters. The Balaban J connectivity index is 1.60. The quantitative estimate of drug-likeness (QED) is 0.570. The SMILES string of the molecule is CN1CCCCN(C(=O)c2nccc3ccccc23)CCOc2ccc(Cl)cc2C1=O. The van der Waals surface area contributed by atoms with Crippen molar-refractivity contribution in [3.05, 3.63) is 71.0 Å². The maximum atomic E-state index is 13.4. The Bertz CT molecular complexity index is 1110. The average molecular weight is 438 g/mol. The first-order chi connectivity index (χ1) is 15.0. The van der Waals surface area contributed by atoms with Gasteiger partial charge in [0.15, 0.2) is 0 Å². The summed E-state index contributed by atoms with van der Waals surface area (Å²) >= 11 is 6.11. The van der Waals surface area contributed by atoms with E-state index in [0.29, 0.717) is 41.7 Å². The minimum atomic E-state index is -0.119. The molecule has 0 atom stereocenters. The van der Waals surface area contributed by atoms with Crippen molar-refractivity contribution in [2.45, 2.75) is 12.8 Å². The van der Waals surface area contributed by atoms with Crippen molar-refractivity contribution in [1.82, 2.24) is 14.8 Å². The third-order valence-corrected chi connectivity index (χ3v) is 5.71. The maximum Gasteiger partial charge on any atom is 0.273 e. The van der Waals surface area contributed by atoms with Gasteiger partial charge in [0.05, 0.1) is 12.1 Å². The number of pyridine rings is 1. The summed E-state index contributed by atoms with van der Waals surface area (Å²) in [5.74, 6) is 0.238. The second-order valence-electron chi connectivity index (χ2n) is 7.60. The molecule has 0 saturated carbocycles. The summed E-state index contributed by atoms with van der Waals surface area (Å²) in [6.45, 7) is 1.82. The lowest BCUT2D eigenvalue weighted by molar-refractivity contribution is 0.0701. The summed E-state index contributed by atoms with van der Waals surface area (Å²) < 4.78 is 5.92. The first-order valence-corrected chi connectivity index (χ1v) is 10.7. The number of hydrogen-bond acceptors (Lipinski definition) is 4. The highest BCUT2D eigenvalue weighted by Gasteiger charge is 2.22. The van der Waals surface area contributed by atoms with Gasteiger partial charge in [-0.25, -0.2) is 0 Å². The molecule has 2 amide bonds. The van der Waals surface area contributed by atoms with Crippen LogP contribution in [0, 0.1) is 0 Å². The van der Waals surface area contributed by atoms with E-state index >= 15 is 0 Å². The number of halogens is 1. The zero-order valence-corrected chi connectivity index (χ0v) is 18.1. The second kappa shape index (κ2) is 9.35. The lowest BCUT2D eigenvalue weighted by atomic mass is 10.1. The molecule has 0 saturated heterocycles. The van der Waals surface area contributed by atoms with Crippen LogP contribution in [-0.2, 0) is 0 Å². The van der Waals surface area contributed by atoms with Crippen molar-refractivity contribution in [2.24, 2.45) is 0 Å². The molecular weight excluding hydrogens is 414 g/mol. The van der Waals surface area contributed by atoms with E-state index in [1.165, 1.54) is 0 Å². The molecule has 2 heterocycles. The third-order valence-electron chi connectivity index (χ3n) is 5.47. The van der Waals surface area contributed by atoms with E-state index in [-0.39, 0.29) is 18.4 Å². The first kappa shape index (κ1) is 21.1.